The van der Waals surface area contributed by atoms with Gasteiger partial charge in [0.1, 0.15) is 9.98 Å². The molecule has 0 aromatic rings. The summed E-state index contributed by atoms with van der Waals surface area (Å²) >= 11 is 0. The van der Waals surface area contributed by atoms with Crippen molar-refractivity contribution in [3.8, 4) is 0 Å². The van der Waals surface area contributed by atoms with Crippen LogP contribution in [0.4, 0.5) is 0 Å². The number of hydrogen-bond acceptors (Lipinski definition) is 2. The monoisotopic (exact) mass is 242 g/mol. The summed E-state index contributed by atoms with van der Waals surface area (Å²) in [7, 11) is 1.06. The normalized spacial score (nSPS) is 19.9. The molecule has 0 unspecified atom stereocenters. The summed E-state index contributed by atoms with van der Waals surface area (Å²) in [5.74, 6) is -0.181. The molecule has 16 heavy (non-hydrogen) atoms. The second kappa shape index (κ2) is 5.03. The summed E-state index contributed by atoms with van der Waals surface area (Å²) in [6.07, 6.45) is 0.834. The molecule has 0 heterocycles. The van der Waals surface area contributed by atoms with Gasteiger partial charge in [0.2, 0.25) is 0 Å². The van der Waals surface area contributed by atoms with Crippen molar-refractivity contribution in [2.24, 2.45) is 11.1 Å². The lowest BCUT2D eigenvalue weighted by molar-refractivity contribution is -0.122. The zero-order chi connectivity index (χ0) is 12.3. The van der Waals surface area contributed by atoms with Gasteiger partial charge in [-0.2, -0.15) is 0 Å². The maximum absolute atomic E-state index is 11.8. The number of carbonyl (C=O) groups excluding carboxylic acids is 2. The highest BCUT2D eigenvalue weighted by Gasteiger charge is 2.35. The van der Waals surface area contributed by atoms with E-state index in [1.807, 2.05) is 20.8 Å². The number of ketones is 2. The number of carbonyl (C=O) groups is 2. The van der Waals surface area contributed by atoms with E-state index in [0.717, 1.165) is 10.9 Å². The third kappa shape index (κ3) is 3.37. The Kier molecular flexibility index (Phi) is 4.18. The van der Waals surface area contributed by atoms with Gasteiger partial charge < -0.3 is 0 Å². The number of nitrogens with one attached hydrogen (secondary N) is 1. The van der Waals surface area contributed by atoms with Gasteiger partial charge in [0.25, 0.3) is 0 Å². The Hall–Kier alpha value is -0.780. The van der Waals surface area contributed by atoms with Crippen molar-refractivity contribution >= 4 is 32.5 Å². The predicted octanol–water partition coefficient (Wildman–Crippen LogP) is 0.506. The van der Waals surface area contributed by atoms with Gasteiger partial charge >= 0.3 is 0 Å². The Bertz CT molecular complexity index is 371. The molecular weight excluding hydrogens is 224 g/mol. The van der Waals surface area contributed by atoms with Crippen LogP contribution in [0.5, 0.6) is 0 Å². The van der Waals surface area contributed by atoms with Crippen molar-refractivity contribution in [3.63, 3.8) is 0 Å². The molecule has 1 aliphatic carbocycles. The Labute approximate surface area is 99.1 Å². The van der Waals surface area contributed by atoms with Gasteiger partial charge in [0.05, 0.1) is 0 Å². The van der Waals surface area contributed by atoms with Crippen molar-refractivity contribution in [1.82, 2.24) is 5.32 Å². The first-order valence-electron chi connectivity index (χ1n) is 5.33. The molecule has 0 amide bonds. The standard InChI is InChI=1S/C11H18N2O2S/c1-4-13-10(12)16-9-7(14)5-11(2,3)6-8(9)15/h13H,4-6,12H2,1-3H3. The first kappa shape index (κ1) is 13.3. The topological polar surface area (TPSA) is 72.2 Å². The maximum atomic E-state index is 11.8. The first-order chi connectivity index (χ1) is 7.35. The van der Waals surface area contributed by atoms with E-state index in [-0.39, 0.29) is 21.8 Å². The maximum Gasteiger partial charge on any atom is 0.177 e. The van der Waals surface area contributed by atoms with E-state index < -0.39 is 0 Å². The fourth-order valence-corrected chi connectivity index (χ4v) is 2.49. The van der Waals surface area contributed by atoms with E-state index in [9.17, 15) is 9.59 Å². The second-order valence-corrected chi connectivity index (χ2v) is 5.74. The lowest BCUT2D eigenvalue weighted by Gasteiger charge is -2.27. The average Bonchev–Trinajstić information content (AvgIpc) is 2.10. The largest absolute Gasteiger partial charge is 0.293 e. The van der Waals surface area contributed by atoms with E-state index in [2.05, 4.69) is 5.32 Å². The molecule has 0 aromatic carbocycles. The van der Waals surface area contributed by atoms with Crippen LogP contribution < -0.4 is 11.1 Å². The molecule has 0 bridgehead atoms. The first-order valence-corrected chi connectivity index (χ1v) is 6.15. The summed E-state index contributed by atoms with van der Waals surface area (Å²) in [6.45, 7) is 6.45. The van der Waals surface area contributed by atoms with Gasteiger partial charge in [0, 0.05) is 12.8 Å². The van der Waals surface area contributed by atoms with Crippen LogP contribution in [0, 0.1) is 5.41 Å². The molecule has 1 fully saturated rings. The van der Waals surface area contributed by atoms with Crippen LogP contribution in [-0.4, -0.2) is 28.1 Å². The van der Waals surface area contributed by atoms with Crippen molar-refractivity contribution in [2.45, 2.75) is 33.6 Å². The quantitative estimate of drug-likeness (QED) is 0.657. The molecule has 1 rings (SSSR count). The molecule has 3 N–H and O–H groups in total. The van der Waals surface area contributed by atoms with Crippen molar-refractivity contribution in [3.05, 3.63) is 0 Å². The van der Waals surface area contributed by atoms with E-state index in [1.165, 1.54) is 0 Å². The van der Waals surface area contributed by atoms with Gasteiger partial charge in [-0.25, -0.2) is 0 Å². The summed E-state index contributed by atoms with van der Waals surface area (Å²) < 4.78 is 0. The van der Waals surface area contributed by atoms with E-state index in [4.69, 9.17) is 5.73 Å². The van der Waals surface area contributed by atoms with Gasteiger partial charge in [-0.15, -0.1) is 10.9 Å². The van der Waals surface area contributed by atoms with E-state index >= 15 is 0 Å². The third-order valence-corrected chi connectivity index (χ3v) is 3.37. The number of Topliss-reactive ketones (excluding diaryl/α,β-unsaturated/α-hetero) is 2. The molecule has 4 nitrogen and oxygen atoms in total. The lowest BCUT2D eigenvalue weighted by Crippen LogP contribution is -2.38. The van der Waals surface area contributed by atoms with E-state index in [1.54, 1.807) is 0 Å². The average molecular weight is 242 g/mol. The Morgan fingerprint density at radius 1 is 1.38 bits per heavy atom. The van der Waals surface area contributed by atoms with Crippen LogP contribution in [-0.2, 0) is 9.59 Å². The molecular formula is C11H18N2O2S. The van der Waals surface area contributed by atoms with Crippen LogP contribution in [0.2, 0.25) is 0 Å². The molecule has 0 aromatic heterocycles. The molecule has 0 saturated heterocycles. The minimum absolute atomic E-state index is 0.0906. The highest BCUT2D eigenvalue weighted by Crippen LogP contribution is 2.30. The van der Waals surface area contributed by atoms with Gasteiger partial charge in [-0.05, 0) is 12.0 Å². The molecule has 1 aliphatic rings. The van der Waals surface area contributed by atoms with Crippen LogP contribution in [0.3, 0.4) is 0 Å². The molecule has 0 atom stereocenters. The Morgan fingerprint density at radius 2 is 1.88 bits per heavy atom. The molecule has 90 valence electrons. The van der Waals surface area contributed by atoms with Gasteiger partial charge in [-0.3, -0.25) is 20.6 Å². The van der Waals surface area contributed by atoms with E-state index in [0.29, 0.717) is 24.5 Å². The van der Waals surface area contributed by atoms with Crippen molar-refractivity contribution < 1.29 is 9.59 Å². The minimum Gasteiger partial charge on any atom is -0.293 e. The molecule has 0 radical (unpaired) electrons. The third-order valence-electron chi connectivity index (χ3n) is 2.35. The summed E-state index contributed by atoms with van der Waals surface area (Å²) in [6, 6.07) is 0. The fraction of sp³-hybridized carbons (Fsp3) is 0.636. The minimum atomic E-state index is -0.217. The summed E-state index contributed by atoms with van der Waals surface area (Å²) in [4.78, 5) is 23.8. The Morgan fingerprint density at radius 3 is 2.31 bits per heavy atom. The molecule has 0 spiro atoms. The number of hydrogen-bond donors (Lipinski definition) is 2. The zero-order valence-electron chi connectivity index (χ0n) is 9.92. The van der Waals surface area contributed by atoms with Crippen LogP contribution in [0.15, 0.2) is 0 Å². The van der Waals surface area contributed by atoms with Crippen LogP contribution >= 0.6 is 10.9 Å². The lowest BCUT2D eigenvalue weighted by atomic mass is 9.76. The number of rotatable bonds is 1. The highest BCUT2D eigenvalue weighted by atomic mass is 32.1. The van der Waals surface area contributed by atoms with Gasteiger partial charge in [0.15, 0.2) is 11.6 Å². The van der Waals surface area contributed by atoms with Crippen molar-refractivity contribution in [2.75, 3.05) is 6.54 Å². The summed E-state index contributed by atoms with van der Waals surface area (Å²) in [5.41, 5.74) is 5.43. The highest BCUT2D eigenvalue weighted by molar-refractivity contribution is 8.00. The Balaban J connectivity index is 3.04. The van der Waals surface area contributed by atoms with Gasteiger partial charge in [-0.1, -0.05) is 20.8 Å². The predicted molar refractivity (Wildman–Crippen MR) is 68.5 cm³/mol. The molecule has 1 saturated carbocycles. The SMILES string of the molecule is CCNC(N)=S=C1C(=O)CC(C)(C)CC1=O. The fourth-order valence-electron chi connectivity index (χ4n) is 1.68. The smallest absolute Gasteiger partial charge is 0.177 e. The van der Waals surface area contributed by atoms with Crippen molar-refractivity contribution in [1.29, 1.82) is 0 Å². The number of nitrogens with two attached hydrogens (primary N) is 1. The molecule has 0 aliphatic heterocycles. The summed E-state index contributed by atoms with van der Waals surface area (Å²) in [5, 5.41) is 3.30. The molecule has 5 heteroatoms. The van der Waals surface area contributed by atoms with Crippen LogP contribution in [0.1, 0.15) is 33.6 Å². The zero-order valence-corrected chi connectivity index (χ0v) is 10.7. The second-order valence-electron chi connectivity index (χ2n) is 4.69. The van der Waals surface area contributed by atoms with Crippen LogP contribution in [0.25, 0.3) is 0 Å².